The van der Waals surface area contributed by atoms with Crippen molar-refractivity contribution in [2.75, 3.05) is 35.4 Å². The Bertz CT molecular complexity index is 811. The fraction of sp³-hybridized carbons (Fsp3) is 0.421. The van der Waals surface area contributed by atoms with Crippen molar-refractivity contribution in [1.82, 2.24) is 14.8 Å². The summed E-state index contributed by atoms with van der Waals surface area (Å²) < 4.78 is 18.2. The number of ether oxygens (including phenoxy) is 3. The van der Waals surface area contributed by atoms with Crippen molar-refractivity contribution < 1.29 is 14.2 Å². The van der Waals surface area contributed by atoms with E-state index in [9.17, 15) is 0 Å². The molecule has 1 aromatic carbocycles. The average Bonchev–Trinajstić information content (AvgIpc) is 2.98. The maximum Gasteiger partial charge on any atom is 0.194 e. The first-order chi connectivity index (χ1) is 12.9. The van der Waals surface area contributed by atoms with E-state index in [1.807, 2.05) is 48.0 Å². The largest absolute Gasteiger partial charge is 0.496 e. The van der Waals surface area contributed by atoms with Crippen LogP contribution in [0.2, 0.25) is 5.02 Å². The lowest BCUT2D eigenvalue weighted by Gasteiger charge is -2.23. The zero-order valence-corrected chi connectivity index (χ0v) is 20.2. The van der Waals surface area contributed by atoms with Crippen molar-refractivity contribution in [1.29, 1.82) is 0 Å². The van der Waals surface area contributed by atoms with E-state index in [0.29, 0.717) is 30.3 Å². The number of nitrogens with zero attached hydrogens (tertiary/aromatic N) is 3. The van der Waals surface area contributed by atoms with Gasteiger partial charge in [-0.2, -0.15) is 0 Å². The quantitative estimate of drug-likeness (QED) is 0.343. The minimum atomic E-state index is 0. The molecule has 0 aliphatic heterocycles. The summed E-state index contributed by atoms with van der Waals surface area (Å²) in [6, 6.07) is 5.66. The summed E-state index contributed by atoms with van der Waals surface area (Å²) in [5, 5.41) is 4.07. The molecule has 156 valence electrons. The lowest BCUT2D eigenvalue weighted by Crippen LogP contribution is -2.38. The average molecular weight is 523 g/mol. The standard InChI is InChI=1S/C19H27ClN4O3.HI/c1-21-19(24(3)12-15-8-14(20)11-23(15)2)22-10-13-7-17(26-5)18(27-6)9-16(13)25-4;/h7-9,11H,10,12H2,1-6H3,(H,21,22);1H. The molecule has 0 fully saturated rings. The first-order valence-electron chi connectivity index (χ1n) is 8.44. The molecular formula is C19H28ClIN4O3. The van der Waals surface area contributed by atoms with Crippen LogP contribution in [0.3, 0.4) is 0 Å². The number of nitrogens with one attached hydrogen (secondary N) is 1. The molecule has 1 N–H and O–H groups in total. The number of rotatable bonds is 7. The van der Waals surface area contributed by atoms with Crippen LogP contribution in [0, 0.1) is 0 Å². The van der Waals surface area contributed by atoms with Gasteiger partial charge in [-0.05, 0) is 12.1 Å². The third-order valence-electron chi connectivity index (χ3n) is 4.27. The first-order valence-corrected chi connectivity index (χ1v) is 8.82. The lowest BCUT2D eigenvalue weighted by molar-refractivity contribution is 0.347. The molecule has 0 unspecified atom stereocenters. The molecule has 9 heteroatoms. The number of aromatic nitrogens is 1. The van der Waals surface area contributed by atoms with Gasteiger partial charge in [0, 0.05) is 51.2 Å². The van der Waals surface area contributed by atoms with Crippen LogP contribution < -0.4 is 19.5 Å². The van der Waals surface area contributed by atoms with Crippen molar-refractivity contribution in [3.63, 3.8) is 0 Å². The highest BCUT2D eigenvalue weighted by molar-refractivity contribution is 14.0. The van der Waals surface area contributed by atoms with Crippen molar-refractivity contribution in [3.8, 4) is 17.2 Å². The van der Waals surface area contributed by atoms with Crippen molar-refractivity contribution in [2.45, 2.75) is 13.1 Å². The molecule has 0 atom stereocenters. The third kappa shape index (κ3) is 5.84. The fourth-order valence-corrected chi connectivity index (χ4v) is 3.10. The molecular weight excluding hydrogens is 495 g/mol. The Balaban J connectivity index is 0.00000392. The summed E-state index contributed by atoms with van der Waals surface area (Å²) in [6.45, 7) is 1.19. The van der Waals surface area contributed by atoms with Gasteiger partial charge in [-0.1, -0.05) is 11.6 Å². The van der Waals surface area contributed by atoms with Crippen LogP contribution in [0.1, 0.15) is 11.3 Å². The smallest absolute Gasteiger partial charge is 0.194 e. The topological polar surface area (TPSA) is 60.3 Å². The molecule has 28 heavy (non-hydrogen) atoms. The summed E-state index contributed by atoms with van der Waals surface area (Å²) in [5.74, 6) is 2.74. The van der Waals surface area contributed by atoms with Gasteiger partial charge >= 0.3 is 0 Å². The van der Waals surface area contributed by atoms with Crippen LogP contribution >= 0.6 is 35.6 Å². The maximum atomic E-state index is 6.07. The van der Waals surface area contributed by atoms with Crippen molar-refractivity contribution >= 4 is 41.5 Å². The number of guanidine groups is 1. The molecule has 0 amide bonds. The van der Waals surface area contributed by atoms with Gasteiger partial charge in [-0.25, -0.2) is 0 Å². The third-order valence-corrected chi connectivity index (χ3v) is 4.48. The Hall–Kier alpha value is -1.81. The molecule has 0 radical (unpaired) electrons. The normalized spacial score (nSPS) is 10.9. The predicted molar refractivity (Wildman–Crippen MR) is 124 cm³/mol. The van der Waals surface area contributed by atoms with E-state index in [-0.39, 0.29) is 24.0 Å². The minimum absolute atomic E-state index is 0. The highest BCUT2D eigenvalue weighted by atomic mass is 127. The van der Waals surface area contributed by atoms with E-state index in [0.717, 1.165) is 22.2 Å². The van der Waals surface area contributed by atoms with Crippen LogP contribution in [0.4, 0.5) is 0 Å². The molecule has 2 rings (SSSR count). The van der Waals surface area contributed by atoms with E-state index in [1.54, 1.807) is 28.4 Å². The zero-order valence-electron chi connectivity index (χ0n) is 17.1. The SMILES string of the molecule is CN=C(NCc1cc(OC)c(OC)cc1OC)N(C)Cc1cc(Cl)cn1C.I. The summed E-state index contributed by atoms with van der Waals surface area (Å²) >= 11 is 6.07. The number of aliphatic imine (C=N–C) groups is 1. The van der Waals surface area contributed by atoms with Gasteiger partial charge in [-0.15, -0.1) is 24.0 Å². The monoisotopic (exact) mass is 522 g/mol. The van der Waals surface area contributed by atoms with E-state index < -0.39 is 0 Å². The number of aryl methyl sites for hydroxylation is 1. The van der Waals surface area contributed by atoms with E-state index in [1.165, 1.54) is 0 Å². The van der Waals surface area contributed by atoms with Crippen LogP contribution in [0.15, 0.2) is 29.4 Å². The van der Waals surface area contributed by atoms with Crippen LogP contribution in [-0.2, 0) is 20.1 Å². The second-order valence-electron chi connectivity index (χ2n) is 6.04. The first kappa shape index (κ1) is 24.2. The van der Waals surface area contributed by atoms with Crippen molar-refractivity contribution in [3.05, 3.63) is 40.7 Å². The molecule has 0 saturated heterocycles. The zero-order chi connectivity index (χ0) is 20.0. The second-order valence-corrected chi connectivity index (χ2v) is 6.47. The highest BCUT2D eigenvalue weighted by Gasteiger charge is 2.14. The van der Waals surface area contributed by atoms with Crippen LogP contribution in [0.5, 0.6) is 17.2 Å². The predicted octanol–water partition coefficient (Wildman–Crippen LogP) is 3.53. The highest BCUT2D eigenvalue weighted by Crippen LogP contribution is 2.34. The number of methoxy groups -OCH3 is 3. The Labute approximate surface area is 188 Å². The van der Waals surface area contributed by atoms with E-state index in [2.05, 4.69) is 10.3 Å². The summed E-state index contributed by atoms with van der Waals surface area (Å²) in [7, 11) is 10.5. The Morgan fingerprint density at radius 3 is 2.21 bits per heavy atom. The van der Waals surface area contributed by atoms with E-state index in [4.69, 9.17) is 25.8 Å². The molecule has 1 heterocycles. The van der Waals surface area contributed by atoms with E-state index >= 15 is 0 Å². The van der Waals surface area contributed by atoms with Gasteiger partial charge in [0.1, 0.15) is 5.75 Å². The lowest BCUT2D eigenvalue weighted by atomic mass is 10.1. The molecule has 7 nitrogen and oxygen atoms in total. The fourth-order valence-electron chi connectivity index (χ4n) is 2.83. The minimum Gasteiger partial charge on any atom is -0.496 e. The molecule has 0 aliphatic rings. The van der Waals surface area contributed by atoms with Gasteiger partial charge in [0.2, 0.25) is 0 Å². The number of hydrogen-bond donors (Lipinski definition) is 1. The Morgan fingerprint density at radius 2 is 1.71 bits per heavy atom. The Kier molecular flexibility index (Phi) is 9.74. The van der Waals surface area contributed by atoms with Gasteiger partial charge in [0.25, 0.3) is 0 Å². The van der Waals surface area contributed by atoms with Gasteiger partial charge in [0.05, 0.1) is 32.9 Å². The van der Waals surface area contributed by atoms with Gasteiger partial charge in [-0.3, -0.25) is 4.99 Å². The molecule has 1 aromatic heterocycles. The van der Waals surface area contributed by atoms with Crippen LogP contribution in [-0.4, -0.2) is 50.9 Å². The maximum absolute atomic E-state index is 6.07. The molecule has 0 spiro atoms. The number of benzene rings is 1. The van der Waals surface area contributed by atoms with Gasteiger partial charge in [0.15, 0.2) is 17.5 Å². The number of hydrogen-bond acceptors (Lipinski definition) is 4. The van der Waals surface area contributed by atoms with Crippen LogP contribution in [0.25, 0.3) is 0 Å². The second kappa shape index (κ2) is 11.3. The summed E-state index contributed by atoms with van der Waals surface area (Å²) in [4.78, 5) is 6.39. The molecule has 0 bridgehead atoms. The molecule has 0 saturated carbocycles. The Morgan fingerprint density at radius 1 is 1.11 bits per heavy atom. The van der Waals surface area contributed by atoms with Gasteiger partial charge < -0.3 is 29.0 Å². The van der Waals surface area contributed by atoms with Crippen molar-refractivity contribution in [2.24, 2.45) is 12.0 Å². The summed E-state index contributed by atoms with van der Waals surface area (Å²) in [5.41, 5.74) is 2.03. The number of halogens is 2. The summed E-state index contributed by atoms with van der Waals surface area (Å²) in [6.07, 6.45) is 1.88. The molecule has 0 aliphatic carbocycles. The molecule has 2 aromatic rings.